The highest BCUT2D eigenvalue weighted by molar-refractivity contribution is 7.92. The second-order valence-electron chi connectivity index (χ2n) is 8.19. The summed E-state index contributed by atoms with van der Waals surface area (Å²) in [5.74, 6) is 0.246. The summed E-state index contributed by atoms with van der Waals surface area (Å²) in [5, 5.41) is 2.62. The van der Waals surface area contributed by atoms with Crippen LogP contribution in [0.2, 0.25) is 0 Å². The highest BCUT2D eigenvalue weighted by atomic mass is 32.2. The number of ether oxygens (including phenoxy) is 1. The van der Waals surface area contributed by atoms with E-state index in [2.05, 4.69) is 15.3 Å². The third-order valence-electron chi connectivity index (χ3n) is 5.83. The van der Waals surface area contributed by atoms with Crippen molar-refractivity contribution in [2.75, 3.05) is 18.5 Å². The molecule has 2 heterocycles. The zero-order valence-corrected chi connectivity index (χ0v) is 17.9. The van der Waals surface area contributed by atoms with Crippen LogP contribution in [-0.4, -0.2) is 42.8 Å². The molecule has 1 aromatic carbocycles. The Morgan fingerprint density at radius 3 is 2.40 bits per heavy atom. The number of sulfone groups is 1. The van der Waals surface area contributed by atoms with Gasteiger partial charge in [0, 0.05) is 13.2 Å². The highest BCUT2D eigenvalue weighted by Crippen LogP contribution is 2.35. The predicted molar refractivity (Wildman–Crippen MR) is 113 cm³/mol. The molecule has 1 saturated heterocycles. The van der Waals surface area contributed by atoms with E-state index in [-0.39, 0.29) is 11.2 Å². The van der Waals surface area contributed by atoms with Crippen molar-refractivity contribution in [2.24, 2.45) is 5.92 Å². The van der Waals surface area contributed by atoms with Crippen LogP contribution in [0.3, 0.4) is 0 Å². The number of hydrogen-bond acceptors (Lipinski definition) is 6. The molecule has 8 heteroatoms. The average molecular weight is 430 g/mol. The van der Waals surface area contributed by atoms with Crippen LogP contribution in [0.25, 0.3) is 0 Å². The fourth-order valence-corrected chi connectivity index (χ4v) is 5.50. The Balaban J connectivity index is 1.55. The van der Waals surface area contributed by atoms with Gasteiger partial charge in [-0.25, -0.2) is 13.4 Å². The van der Waals surface area contributed by atoms with Crippen LogP contribution in [0.4, 0.5) is 5.82 Å². The molecular weight excluding hydrogens is 402 g/mol. The smallest absolute Gasteiger partial charge is 0.233 e. The van der Waals surface area contributed by atoms with Crippen molar-refractivity contribution in [1.82, 2.24) is 9.97 Å². The van der Waals surface area contributed by atoms with Gasteiger partial charge in [0.1, 0.15) is 0 Å². The fourth-order valence-electron chi connectivity index (χ4n) is 3.84. The van der Waals surface area contributed by atoms with Gasteiger partial charge < -0.3 is 10.1 Å². The van der Waals surface area contributed by atoms with E-state index in [1.165, 1.54) is 0 Å². The standard InChI is InChI=1S/C22H27N3O4S/c1-15-13-24-21(14-23-15)25-22(26)20(12-16-8-10-29-11-9-16)17-2-4-18(5-3-17)30(27,28)19-6-7-19/h2-5,13-14,16,19-20H,6-12H2,1H3,(H,24,25,26)/t20-/m1/s1. The third-order valence-corrected chi connectivity index (χ3v) is 8.11. The van der Waals surface area contributed by atoms with Gasteiger partial charge in [-0.15, -0.1) is 0 Å². The van der Waals surface area contributed by atoms with Gasteiger partial charge in [-0.1, -0.05) is 12.1 Å². The van der Waals surface area contributed by atoms with E-state index >= 15 is 0 Å². The Morgan fingerprint density at radius 2 is 1.80 bits per heavy atom. The van der Waals surface area contributed by atoms with E-state index in [1.54, 1.807) is 36.7 Å². The molecule has 0 radical (unpaired) electrons. The number of aryl methyl sites for hydroxylation is 1. The number of nitrogens with zero attached hydrogens (tertiary/aromatic N) is 2. The third kappa shape index (κ3) is 4.87. The van der Waals surface area contributed by atoms with Crippen molar-refractivity contribution in [2.45, 2.75) is 55.1 Å². The lowest BCUT2D eigenvalue weighted by atomic mass is 9.84. The number of nitrogens with one attached hydrogen (secondary N) is 1. The second kappa shape index (κ2) is 8.81. The normalized spacial score (nSPS) is 18.7. The summed E-state index contributed by atoms with van der Waals surface area (Å²) < 4.78 is 30.4. The molecular formula is C22H27N3O4S. The van der Waals surface area contributed by atoms with E-state index in [0.717, 1.165) is 36.9 Å². The molecule has 1 aliphatic carbocycles. The molecule has 1 saturated carbocycles. The van der Waals surface area contributed by atoms with Gasteiger partial charge in [-0.3, -0.25) is 9.78 Å². The number of hydrogen-bond donors (Lipinski definition) is 1. The minimum atomic E-state index is -3.24. The summed E-state index contributed by atoms with van der Waals surface area (Å²) in [4.78, 5) is 21.9. The molecule has 1 atom stereocenters. The van der Waals surface area contributed by atoms with Crippen molar-refractivity contribution < 1.29 is 17.9 Å². The number of rotatable bonds is 7. The molecule has 4 rings (SSSR count). The molecule has 1 aliphatic heterocycles. The average Bonchev–Trinajstić information content (AvgIpc) is 3.61. The number of benzene rings is 1. The van der Waals surface area contributed by atoms with E-state index in [9.17, 15) is 13.2 Å². The van der Waals surface area contributed by atoms with E-state index in [1.807, 2.05) is 6.92 Å². The van der Waals surface area contributed by atoms with Gasteiger partial charge in [-0.2, -0.15) is 0 Å². The summed E-state index contributed by atoms with van der Waals surface area (Å²) in [7, 11) is -3.24. The van der Waals surface area contributed by atoms with Gasteiger partial charge in [0.05, 0.1) is 34.2 Å². The lowest BCUT2D eigenvalue weighted by Gasteiger charge is -2.26. The minimum absolute atomic E-state index is 0.155. The van der Waals surface area contributed by atoms with Crippen LogP contribution in [0.5, 0.6) is 0 Å². The number of carbonyl (C=O) groups excluding carboxylic acids is 1. The zero-order chi connectivity index (χ0) is 21.1. The lowest BCUT2D eigenvalue weighted by Crippen LogP contribution is -2.26. The van der Waals surface area contributed by atoms with Gasteiger partial charge >= 0.3 is 0 Å². The van der Waals surface area contributed by atoms with Crippen molar-refractivity contribution in [3.8, 4) is 0 Å². The van der Waals surface area contributed by atoms with Crippen molar-refractivity contribution in [3.05, 3.63) is 47.9 Å². The van der Waals surface area contributed by atoms with Crippen molar-refractivity contribution >= 4 is 21.6 Å². The zero-order valence-electron chi connectivity index (χ0n) is 17.1. The molecule has 1 amide bonds. The molecule has 160 valence electrons. The summed E-state index contributed by atoms with van der Waals surface area (Å²) in [6.45, 7) is 3.26. The Morgan fingerprint density at radius 1 is 1.10 bits per heavy atom. The molecule has 2 aliphatic rings. The monoisotopic (exact) mass is 429 g/mol. The van der Waals surface area contributed by atoms with Crippen LogP contribution in [0.15, 0.2) is 41.6 Å². The number of aromatic nitrogens is 2. The van der Waals surface area contributed by atoms with Crippen LogP contribution in [0, 0.1) is 12.8 Å². The topological polar surface area (TPSA) is 98.2 Å². The molecule has 30 heavy (non-hydrogen) atoms. The van der Waals surface area contributed by atoms with E-state index in [4.69, 9.17) is 4.74 Å². The summed E-state index contributed by atoms with van der Waals surface area (Å²) in [6.07, 6.45) is 7.14. The van der Waals surface area contributed by atoms with Gasteiger partial charge in [-0.05, 0) is 62.6 Å². The molecule has 0 unspecified atom stereocenters. The van der Waals surface area contributed by atoms with Crippen molar-refractivity contribution in [3.63, 3.8) is 0 Å². The van der Waals surface area contributed by atoms with Gasteiger partial charge in [0.2, 0.25) is 5.91 Å². The second-order valence-corrected chi connectivity index (χ2v) is 10.4. The number of amides is 1. The molecule has 2 fully saturated rings. The maximum Gasteiger partial charge on any atom is 0.233 e. The quantitative estimate of drug-likeness (QED) is 0.725. The first kappa shape index (κ1) is 20.9. The molecule has 7 nitrogen and oxygen atoms in total. The largest absolute Gasteiger partial charge is 0.381 e. The molecule has 0 bridgehead atoms. The van der Waals surface area contributed by atoms with Gasteiger partial charge in [0.25, 0.3) is 0 Å². The fraction of sp³-hybridized carbons (Fsp3) is 0.500. The Labute approximate surface area is 177 Å². The maximum atomic E-state index is 13.1. The molecule has 1 N–H and O–H groups in total. The molecule has 1 aromatic heterocycles. The Bertz CT molecular complexity index is 980. The summed E-state index contributed by atoms with van der Waals surface area (Å²) in [5.41, 5.74) is 1.59. The highest BCUT2D eigenvalue weighted by Gasteiger charge is 2.37. The summed E-state index contributed by atoms with van der Waals surface area (Å²) in [6, 6.07) is 6.83. The number of carbonyl (C=O) groups is 1. The van der Waals surface area contributed by atoms with Crippen LogP contribution in [-0.2, 0) is 19.4 Å². The summed E-state index contributed by atoms with van der Waals surface area (Å²) >= 11 is 0. The van der Waals surface area contributed by atoms with Crippen LogP contribution >= 0.6 is 0 Å². The first-order valence-corrected chi connectivity index (χ1v) is 12.0. The minimum Gasteiger partial charge on any atom is -0.381 e. The lowest BCUT2D eigenvalue weighted by molar-refractivity contribution is -0.118. The van der Waals surface area contributed by atoms with E-state index < -0.39 is 15.8 Å². The van der Waals surface area contributed by atoms with Crippen molar-refractivity contribution in [1.29, 1.82) is 0 Å². The van der Waals surface area contributed by atoms with E-state index in [0.29, 0.717) is 36.3 Å². The predicted octanol–water partition coefficient (Wildman–Crippen LogP) is 3.26. The van der Waals surface area contributed by atoms with Crippen LogP contribution in [0.1, 0.15) is 49.3 Å². The maximum absolute atomic E-state index is 13.1. The first-order chi connectivity index (χ1) is 14.4. The first-order valence-electron chi connectivity index (χ1n) is 10.4. The Kier molecular flexibility index (Phi) is 6.15. The molecule has 2 aromatic rings. The van der Waals surface area contributed by atoms with Crippen LogP contribution < -0.4 is 5.32 Å². The molecule has 0 spiro atoms. The SMILES string of the molecule is Cc1cnc(NC(=O)[C@H](CC2CCOCC2)c2ccc(S(=O)(=O)C3CC3)cc2)cn1. The Hall–Kier alpha value is -2.32. The number of anilines is 1. The van der Waals surface area contributed by atoms with Gasteiger partial charge in [0.15, 0.2) is 15.7 Å².